The highest BCUT2D eigenvalue weighted by Crippen LogP contribution is 2.25. The van der Waals surface area contributed by atoms with Gasteiger partial charge in [-0.05, 0) is 43.2 Å². The maximum absolute atomic E-state index is 5.79. The van der Waals surface area contributed by atoms with Crippen molar-refractivity contribution in [3.63, 3.8) is 0 Å². The molecule has 1 aromatic rings. The predicted molar refractivity (Wildman–Crippen MR) is 74.1 cm³/mol. The molecule has 0 saturated carbocycles. The Bertz CT molecular complexity index is 361. The molecule has 2 atom stereocenters. The molecule has 1 aromatic carbocycles. The lowest BCUT2D eigenvalue weighted by Gasteiger charge is -2.27. The summed E-state index contributed by atoms with van der Waals surface area (Å²) < 4.78 is 5.79. The van der Waals surface area contributed by atoms with Crippen LogP contribution in [0.15, 0.2) is 24.3 Å². The summed E-state index contributed by atoms with van der Waals surface area (Å²) in [6, 6.07) is 8.86. The van der Waals surface area contributed by atoms with Crippen molar-refractivity contribution < 1.29 is 4.74 Å². The Morgan fingerprint density at radius 1 is 1.44 bits per heavy atom. The molecule has 100 valence electrons. The number of nitrogens with one attached hydrogen (secondary N) is 1. The highest BCUT2D eigenvalue weighted by Gasteiger charge is 2.20. The molecule has 1 fully saturated rings. The number of rotatable bonds is 5. The molecule has 0 spiro atoms. The SMILES string of the molecule is CCc1cccc(C(CC2CCCCO2)NN)c1. The molecule has 1 aliphatic rings. The fourth-order valence-corrected chi connectivity index (χ4v) is 2.59. The first-order chi connectivity index (χ1) is 8.83. The van der Waals surface area contributed by atoms with Crippen molar-refractivity contribution in [2.45, 2.75) is 51.2 Å². The van der Waals surface area contributed by atoms with Crippen molar-refractivity contribution in [2.75, 3.05) is 6.61 Å². The van der Waals surface area contributed by atoms with Crippen LogP contribution in [0.4, 0.5) is 0 Å². The number of hydrogen-bond donors (Lipinski definition) is 2. The minimum atomic E-state index is 0.194. The van der Waals surface area contributed by atoms with Crippen molar-refractivity contribution in [2.24, 2.45) is 5.84 Å². The number of nitrogens with two attached hydrogens (primary N) is 1. The second kappa shape index (κ2) is 6.88. The zero-order chi connectivity index (χ0) is 12.8. The van der Waals surface area contributed by atoms with Crippen LogP contribution in [0.3, 0.4) is 0 Å². The third-order valence-corrected chi connectivity index (χ3v) is 3.74. The van der Waals surface area contributed by atoms with Crippen LogP contribution in [0.1, 0.15) is 49.8 Å². The Hall–Kier alpha value is -0.900. The van der Waals surface area contributed by atoms with Gasteiger partial charge >= 0.3 is 0 Å². The fourth-order valence-electron chi connectivity index (χ4n) is 2.59. The summed E-state index contributed by atoms with van der Waals surface area (Å²) >= 11 is 0. The van der Waals surface area contributed by atoms with Gasteiger partial charge in [0.05, 0.1) is 6.10 Å². The predicted octanol–water partition coefficient (Wildman–Crippen LogP) is 2.71. The van der Waals surface area contributed by atoms with Gasteiger partial charge in [0.1, 0.15) is 0 Å². The molecule has 2 rings (SSSR count). The van der Waals surface area contributed by atoms with Gasteiger partial charge in [-0.1, -0.05) is 31.2 Å². The third kappa shape index (κ3) is 3.55. The first kappa shape index (κ1) is 13.5. The van der Waals surface area contributed by atoms with E-state index in [0.29, 0.717) is 6.10 Å². The Kier molecular flexibility index (Phi) is 5.17. The smallest absolute Gasteiger partial charge is 0.0593 e. The summed E-state index contributed by atoms with van der Waals surface area (Å²) in [5.41, 5.74) is 5.57. The lowest BCUT2D eigenvalue weighted by Crippen LogP contribution is -2.32. The van der Waals surface area contributed by atoms with E-state index in [1.807, 2.05) is 0 Å². The van der Waals surface area contributed by atoms with E-state index in [9.17, 15) is 0 Å². The minimum absolute atomic E-state index is 0.194. The van der Waals surface area contributed by atoms with E-state index in [1.54, 1.807) is 0 Å². The van der Waals surface area contributed by atoms with Crippen LogP contribution in [0.5, 0.6) is 0 Å². The summed E-state index contributed by atoms with van der Waals surface area (Å²) in [6.45, 7) is 3.07. The molecule has 2 unspecified atom stereocenters. The number of hydrogen-bond acceptors (Lipinski definition) is 3. The largest absolute Gasteiger partial charge is 0.378 e. The van der Waals surface area contributed by atoms with Crippen molar-refractivity contribution >= 4 is 0 Å². The highest BCUT2D eigenvalue weighted by atomic mass is 16.5. The van der Waals surface area contributed by atoms with E-state index in [1.165, 1.54) is 24.0 Å². The van der Waals surface area contributed by atoms with Crippen LogP contribution in [-0.4, -0.2) is 12.7 Å². The third-order valence-electron chi connectivity index (χ3n) is 3.74. The number of benzene rings is 1. The van der Waals surface area contributed by atoms with Gasteiger partial charge in [-0.3, -0.25) is 11.3 Å². The summed E-state index contributed by atoms with van der Waals surface area (Å²) in [7, 11) is 0. The van der Waals surface area contributed by atoms with E-state index in [-0.39, 0.29) is 6.04 Å². The average molecular weight is 248 g/mol. The highest BCUT2D eigenvalue weighted by molar-refractivity contribution is 5.26. The summed E-state index contributed by atoms with van der Waals surface area (Å²) in [5.74, 6) is 5.71. The van der Waals surface area contributed by atoms with Crippen LogP contribution >= 0.6 is 0 Å². The van der Waals surface area contributed by atoms with Crippen LogP contribution in [-0.2, 0) is 11.2 Å². The molecule has 3 nitrogen and oxygen atoms in total. The average Bonchev–Trinajstić information content (AvgIpc) is 2.46. The van der Waals surface area contributed by atoms with Gasteiger partial charge in [0.25, 0.3) is 0 Å². The van der Waals surface area contributed by atoms with Gasteiger partial charge < -0.3 is 4.74 Å². The Morgan fingerprint density at radius 3 is 3.00 bits per heavy atom. The van der Waals surface area contributed by atoms with Gasteiger partial charge in [0.2, 0.25) is 0 Å². The molecule has 1 heterocycles. The molecule has 1 aliphatic heterocycles. The number of hydrazine groups is 1. The van der Waals surface area contributed by atoms with E-state index >= 15 is 0 Å². The van der Waals surface area contributed by atoms with Crippen molar-refractivity contribution in [1.29, 1.82) is 0 Å². The number of aryl methyl sites for hydroxylation is 1. The minimum Gasteiger partial charge on any atom is -0.378 e. The van der Waals surface area contributed by atoms with Crippen molar-refractivity contribution in [1.82, 2.24) is 5.43 Å². The quantitative estimate of drug-likeness (QED) is 0.622. The molecule has 3 N–H and O–H groups in total. The monoisotopic (exact) mass is 248 g/mol. The fraction of sp³-hybridized carbons (Fsp3) is 0.600. The molecule has 0 aromatic heterocycles. The Labute approximate surface area is 110 Å². The molecular weight excluding hydrogens is 224 g/mol. The molecule has 1 saturated heterocycles. The van der Waals surface area contributed by atoms with E-state index in [4.69, 9.17) is 10.6 Å². The van der Waals surface area contributed by atoms with Crippen LogP contribution in [0, 0.1) is 0 Å². The molecule has 18 heavy (non-hydrogen) atoms. The first-order valence-corrected chi connectivity index (χ1v) is 7.00. The summed E-state index contributed by atoms with van der Waals surface area (Å²) in [6.07, 6.45) is 6.00. The second-order valence-electron chi connectivity index (χ2n) is 5.04. The molecule has 0 radical (unpaired) electrons. The maximum atomic E-state index is 5.79. The van der Waals surface area contributed by atoms with Crippen LogP contribution < -0.4 is 11.3 Å². The summed E-state index contributed by atoms with van der Waals surface area (Å²) in [5, 5.41) is 0. The second-order valence-corrected chi connectivity index (χ2v) is 5.04. The van der Waals surface area contributed by atoms with Gasteiger partial charge in [-0.15, -0.1) is 0 Å². The summed E-state index contributed by atoms with van der Waals surface area (Å²) in [4.78, 5) is 0. The van der Waals surface area contributed by atoms with E-state index in [2.05, 4.69) is 36.6 Å². The molecular formula is C15H24N2O. The van der Waals surface area contributed by atoms with Gasteiger partial charge in [-0.25, -0.2) is 0 Å². The first-order valence-electron chi connectivity index (χ1n) is 7.00. The Morgan fingerprint density at radius 2 is 2.33 bits per heavy atom. The lowest BCUT2D eigenvalue weighted by atomic mass is 9.95. The standard InChI is InChI=1S/C15H24N2O/c1-2-12-6-5-7-13(10-12)15(17-16)11-14-8-3-4-9-18-14/h5-7,10,14-15,17H,2-4,8-9,11,16H2,1H3. The topological polar surface area (TPSA) is 47.3 Å². The van der Waals surface area contributed by atoms with Gasteiger partial charge in [0.15, 0.2) is 0 Å². The zero-order valence-corrected chi connectivity index (χ0v) is 11.2. The lowest BCUT2D eigenvalue weighted by molar-refractivity contribution is 0.00502. The van der Waals surface area contributed by atoms with Crippen molar-refractivity contribution in [3.05, 3.63) is 35.4 Å². The van der Waals surface area contributed by atoms with Gasteiger partial charge in [-0.2, -0.15) is 0 Å². The van der Waals surface area contributed by atoms with Gasteiger partial charge in [0, 0.05) is 12.6 Å². The molecule has 3 heteroatoms. The molecule has 0 aliphatic carbocycles. The van der Waals surface area contributed by atoms with Crippen molar-refractivity contribution in [3.8, 4) is 0 Å². The molecule has 0 bridgehead atoms. The van der Waals surface area contributed by atoms with E-state index in [0.717, 1.165) is 25.9 Å². The normalized spacial score (nSPS) is 21.8. The molecule has 0 amide bonds. The maximum Gasteiger partial charge on any atom is 0.0593 e. The zero-order valence-electron chi connectivity index (χ0n) is 11.2. The Balaban J connectivity index is 2.02. The van der Waals surface area contributed by atoms with E-state index < -0.39 is 0 Å². The van der Waals surface area contributed by atoms with Crippen LogP contribution in [0.25, 0.3) is 0 Å². The number of ether oxygens (including phenoxy) is 1. The van der Waals surface area contributed by atoms with Crippen LogP contribution in [0.2, 0.25) is 0 Å².